The van der Waals surface area contributed by atoms with Crippen LogP contribution >= 0.6 is 0 Å². The van der Waals surface area contributed by atoms with Gasteiger partial charge >= 0.3 is 0 Å². The van der Waals surface area contributed by atoms with Gasteiger partial charge in [-0.05, 0) is 37.1 Å². The Morgan fingerprint density at radius 3 is 2.33 bits per heavy atom. The Kier molecular flexibility index (Phi) is 6.81. The summed E-state index contributed by atoms with van der Waals surface area (Å²) in [6, 6.07) is 8.90. The molecule has 2 nitrogen and oxygen atoms in total. The quantitative estimate of drug-likeness (QED) is 0.759. The van der Waals surface area contributed by atoms with Gasteiger partial charge in [0.15, 0.2) is 0 Å². The fourth-order valence-electron chi connectivity index (χ4n) is 2.04. The van der Waals surface area contributed by atoms with Gasteiger partial charge in [0.05, 0.1) is 0 Å². The monoisotopic (exact) mass is 249 g/mol. The van der Waals surface area contributed by atoms with Gasteiger partial charge < -0.3 is 10.1 Å². The number of likely N-dealkylation sites (N-methyl/N-ethyl adjacent to an activating group) is 1. The van der Waals surface area contributed by atoms with Crippen LogP contribution in [0.25, 0.3) is 0 Å². The summed E-state index contributed by atoms with van der Waals surface area (Å²) in [5.41, 5.74) is 1.39. The molecule has 1 rings (SSSR count). The highest BCUT2D eigenvalue weighted by Crippen LogP contribution is 2.15. The first-order valence-electron chi connectivity index (χ1n) is 7.10. The van der Waals surface area contributed by atoms with Crippen LogP contribution in [0.5, 0.6) is 5.75 Å². The van der Waals surface area contributed by atoms with Gasteiger partial charge in [0.1, 0.15) is 12.4 Å². The number of nitrogens with one attached hydrogen (secondary N) is 1. The minimum absolute atomic E-state index is 0.422. The summed E-state index contributed by atoms with van der Waals surface area (Å²) in [6.07, 6.45) is 3.51. The lowest BCUT2D eigenvalue weighted by atomic mass is 10.0. The maximum Gasteiger partial charge on any atom is 0.119 e. The average molecular weight is 249 g/mol. The standard InChI is InChI=1S/C16H27NO/c1-5-7-14-8-10-15(11-9-14)18-12-16(17-4)13(3)6-2/h8-11,13,16-17H,5-7,12H2,1-4H3. The van der Waals surface area contributed by atoms with E-state index in [-0.39, 0.29) is 0 Å². The molecule has 0 radical (unpaired) electrons. The summed E-state index contributed by atoms with van der Waals surface area (Å²) in [4.78, 5) is 0. The van der Waals surface area contributed by atoms with Crippen molar-refractivity contribution in [3.05, 3.63) is 29.8 Å². The van der Waals surface area contributed by atoms with Crippen molar-refractivity contribution in [2.45, 2.75) is 46.1 Å². The van der Waals surface area contributed by atoms with Crippen LogP contribution in [0.2, 0.25) is 0 Å². The predicted molar refractivity (Wildman–Crippen MR) is 78.2 cm³/mol. The minimum Gasteiger partial charge on any atom is -0.492 e. The van der Waals surface area contributed by atoms with E-state index in [2.05, 4.69) is 50.4 Å². The maximum atomic E-state index is 5.85. The third-order valence-electron chi connectivity index (χ3n) is 3.59. The van der Waals surface area contributed by atoms with Gasteiger partial charge in [-0.3, -0.25) is 0 Å². The van der Waals surface area contributed by atoms with E-state index in [0.29, 0.717) is 12.0 Å². The van der Waals surface area contributed by atoms with E-state index >= 15 is 0 Å². The van der Waals surface area contributed by atoms with Gasteiger partial charge in [-0.1, -0.05) is 45.7 Å². The Balaban J connectivity index is 2.46. The molecule has 0 aromatic heterocycles. The van der Waals surface area contributed by atoms with Crippen molar-refractivity contribution in [1.82, 2.24) is 5.32 Å². The fraction of sp³-hybridized carbons (Fsp3) is 0.625. The second kappa shape index (κ2) is 8.15. The van der Waals surface area contributed by atoms with E-state index in [4.69, 9.17) is 4.74 Å². The Morgan fingerprint density at radius 2 is 1.83 bits per heavy atom. The maximum absolute atomic E-state index is 5.85. The second-order valence-electron chi connectivity index (χ2n) is 4.99. The molecule has 0 heterocycles. The highest BCUT2D eigenvalue weighted by atomic mass is 16.5. The first-order chi connectivity index (χ1) is 8.71. The Hall–Kier alpha value is -1.02. The average Bonchev–Trinajstić information content (AvgIpc) is 2.41. The molecule has 0 aliphatic carbocycles. The lowest BCUT2D eigenvalue weighted by molar-refractivity contribution is 0.228. The Morgan fingerprint density at radius 1 is 1.17 bits per heavy atom. The zero-order valence-corrected chi connectivity index (χ0v) is 12.2. The number of rotatable bonds is 8. The Labute approximate surface area is 112 Å². The van der Waals surface area contributed by atoms with Crippen LogP contribution in [0.3, 0.4) is 0 Å². The number of benzene rings is 1. The van der Waals surface area contributed by atoms with Gasteiger partial charge in [-0.15, -0.1) is 0 Å². The molecule has 0 spiro atoms. The molecule has 0 bridgehead atoms. The minimum atomic E-state index is 0.422. The van der Waals surface area contributed by atoms with E-state index in [0.717, 1.165) is 18.8 Å². The van der Waals surface area contributed by atoms with Gasteiger partial charge in [-0.2, -0.15) is 0 Å². The molecular weight excluding hydrogens is 222 g/mol. The molecule has 2 atom stereocenters. The molecule has 1 aromatic carbocycles. The molecule has 102 valence electrons. The Bertz CT molecular complexity index is 320. The van der Waals surface area contributed by atoms with E-state index in [1.807, 2.05) is 7.05 Å². The van der Waals surface area contributed by atoms with Crippen molar-refractivity contribution in [2.75, 3.05) is 13.7 Å². The molecule has 0 amide bonds. The summed E-state index contributed by atoms with van der Waals surface area (Å²) in [5.74, 6) is 1.60. The summed E-state index contributed by atoms with van der Waals surface area (Å²) in [7, 11) is 2.00. The van der Waals surface area contributed by atoms with Crippen LogP contribution in [0.1, 0.15) is 39.2 Å². The lowest BCUT2D eigenvalue weighted by Gasteiger charge is -2.22. The lowest BCUT2D eigenvalue weighted by Crippen LogP contribution is -2.37. The smallest absolute Gasteiger partial charge is 0.119 e. The molecule has 0 saturated heterocycles. The van der Waals surface area contributed by atoms with E-state index in [1.165, 1.54) is 18.4 Å². The molecule has 0 aliphatic rings. The zero-order chi connectivity index (χ0) is 13.4. The normalized spacial score (nSPS) is 14.2. The second-order valence-corrected chi connectivity index (χ2v) is 4.99. The van der Waals surface area contributed by atoms with Crippen molar-refractivity contribution >= 4 is 0 Å². The van der Waals surface area contributed by atoms with Crippen LogP contribution < -0.4 is 10.1 Å². The van der Waals surface area contributed by atoms with Crippen LogP contribution in [0.15, 0.2) is 24.3 Å². The summed E-state index contributed by atoms with van der Waals surface area (Å²) in [5, 5.41) is 3.33. The summed E-state index contributed by atoms with van der Waals surface area (Å²) >= 11 is 0. The van der Waals surface area contributed by atoms with Gasteiger partial charge in [0.25, 0.3) is 0 Å². The predicted octanol–water partition coefficient (Wildman–Crippen LogP) is 3.65. The number of hydrogen-bond donors (Lipinski definition) is 1. The highest BCUT2D eigenvalue weighted by molar-refractivity contribution is 5.27. The fourth-order valence-corrected chi connectivity index (χ4v) is 2.04. The van der Waals surface area contributed by atoms with Crippen LogP contribution in [0.4, 0.5) is 0 Å². The van der Waals surface area contributed by atoms with Gasteiger partial charge in [0.2, 0.25) is 0 Å². The van der Waals surface area contributed by atoms with Crippen molar-refractivity contribution in [3.63, 3.8) is 0 Å². The topological polar surface area (TPSA) is 21.3 Å². The molecular formula is C16H27NO. The zero-order valence-electron chi connectivity index (χ0n) is 12.2. The number of aryl methyl sites for hydroxylation is 1. The van der Waals surface area contributed by atoms with Gasteiger partial charge in [-0.25, -0.2) is 0 Å². The van der Waals surface area contributed by atoms with Crippen molar-refractivity contribution in [1.29, 1.82) is 0 Å². The van der Waals surface area contributed by atoms with Crippen LogP contribution in [0, 0.1) is 5.92 Å². The largest absolute Gasteiger partial charge is 0.492 e. The van der Waals surface area contributed by atoms with Gasteiger partial charge in [0, 0.05) is 6.04 Å². The molecule has 1 N–H and O–H groups in total. The van der Waals surface area contributed by atoms with E-state index < -0.39 is 0 Å². The van der Waals surface area contributed by atoms with Crippen LogP contribution in [-0.2, 0) is 6.42 Å². The number of ether oxygens (including phenoxy) is 1. The SMILES string of the molecule is CCCc1ccc(OCC(NC)C(C)CC)cc1. The van der Waals surface area contributed by atoms with Crippen molar-refractivity contribution in [2.24, 2.45) is 5.92 Å². The molecule has 2 heteroatoms. The molecule has 1 aromatic rings. The molecule has 18 heavy (non-hydrogen) atoms. The molecule has 0 fully saturated rings. The molecule has 0 saturated carbocycles. The van der Waals surface area contributed by atoms with Crippen LogP contribution in [-0.4, -0.2) is 19.7 Å². The first-order valence-corrected chi connectivity index (χ1v) is 7.10. The summed E-state index contributed by atoms with van der Waals surface area (Å²) < 4.78 is 5.85. The third-order valence-corrected chi connectivity index (χ3v) is 3.59. The van der Waals surface area contributed by atoms with E-state index in [9.17, 15) is 0 Å². The van der Waals surface area contributed by atoms with E-state index in [1.54, 1.807) is 0 Å². The highest BCUT2D eigenvalue weighted by Gasteiger charge is 2.14. The molecule has 2 unspecified atom stereocenters. The number of hydrogen-bond acceptors (Lipinski definition) is 2. The van der Waals surface area contributed by atoms with Crippen molar-refractivity contribution < 1.29 is 4.74 Å². The molecule has 0 aliphatic heterocycles. The van der Waals surface area contributed by atoms with Crippen molar-refractivity contribution in [3.8, 4) is 5.75 Å². The first kappa shape index (κ1) is 15.0. The third kappa shape index (κ3) is 4.69. The summed E-state index contributed by atoms with van der Waals surface area (Å²) in [6.45, 7) is 7.41.